The Labute approximate surface area is 203 Å². The molecule has 7 heteroatoms. The maximum Gasteiger partial charge on any atom is 0.258 e. The smallest absolute Gasteiger partial charge is 0.258 e. The lowest BCUT2D eigenvalue weighted by Crippen LogP contribution is -2.37. The Morgan fingerprint density at radius 3 is 2.71 bits per heavy atom. The molecule has 1 amide bonds. The number of carbonyl (C=O) groups excluding carboxylic acids is 1. The summed E-state index contributed by atoms with van der Waals surface area (Å²) in [6.45, 7) is 11.6. The van der Waals surface area contributed by atoms with Crippen LogP contribution in [0.3, 0.4) is 0 Å². The Bertz CT molecular complexity index is 1050. The molecule has 5 rings (SSSR count). The first-order chi connectivity index (χ1) is 16.4. The summed E-state index contributed by atoms with van der Waals surface area (Å²) in [5.41, 5.74) is 4.17. The predicted octanol–water partition coefficient (Wildman–Crippen LogP) is 5.09. The summed E-state index contributed by atoms with van der Waals surface area (Å²) >= 11 is 0. The Kier molecular flexibility index (Phi) is 6.36. The molecule has 4 bridgehead atoms. The number of amides is 1. The number of carbonyl (C=O) groups is 1. The molecule has 1 unspecified atom stereocenters. The van der Waals surface area contributed by atoms with E-state index in [-0.39, 0.29) is 5.91 Å². The highest BCUT2D eigenvalue weighted by molar-refractivity contribution is 6.08. The Balaban J connectivity index is 1.51. The van der Waals surface area contributed by atoms with Crippen molar-refractivity contribution in [3.05, 3.63) is 35.5 Å². The van der Waals surface area contributed by atoms with Gasteiger partial charge in [-0.25, -0.2) is 4.98 Å². The van der Waals surface area contributed by atoms with Gasteiger partial charge in [0.1, 0.15) is 5.82 Å². The van der Waals surface area contributed by atoms with Gasteiger partial charge < -0.3 is 20.4 Å². The molecule has 2 fully saturated rings. The number of hydrogen-bond donors (Lipinski definition) is 2. The summed E-state index contributed by atoms with van der Waals surface area (Å²) < 4.78 is 0. The average molecular weight is 463 g/mol. The van der Waals surface area contributed by atoms with Crippen LogP contribution in [0.1, 0.15) is 68.4 Å². The number of hydrogen-bond acceptors (Lipinski definition) is 6. The van der Waals surface area contributed by atoms with E-state index in [1.165, 1.54) is 37.8 Å². The number of fused-ring (bicyclic) bond motifs is 6. The van der Waals surface area contributed by atoms with Crippen LogP contribution in [0.5, 0.6) is 0 Å². The molecule has 182 valence electrons. The van der Waals surface area contributed by atoms with Crippen LogP contribution in [0, 0.1) is 18.3 Å². The van der Waals surface area contributed by atoms with Crippen LogP contribution in [0.2, 0.25) is 0 Å². The third kappa shape index (κ3) is 5.13. The van der Waals surface area contributed by atoms with Gasteiger partial charge in [0.25, 0.3) is 5.91 Å². The second-order valence-corrected chi connectivity index (χ2v) is 11.1. The molecule has 2 aromatic rings. The molecule has 7 nitrogen and oxygen atoms in total. The van der Waals surface area contributed by atoms with Crippen molar-refractivity contribution in [1.29, 1.82) is 0 Å². The SMILES string of the molecule is Cc1cc2nc(n1)NCCCCC1CCCN(C1)c1cc(N3CCC(C)(C)C3)ccc1C(=O)N2. The molecule has 2 N–H and O–H groups in total. The summed E-state index contributed by atoms with van der Waals surface area (Å²) in [7, 11) is 0. The molecule has 1 atom stereocenters. The maximum absolute atomic E-state index is 13.5. The normalized spacial score (nSPS) is 22.8. The van der Waals surface area contributed by atoms with E-state index < -0.39 is 0 Å². The molecule has 0 spiro atoms. The van der Waals surface area contributed by atoms with Crippen molar-refractivity contribution in [2.45, 2.75) is 59.3 Å². The first-order valence-electron chi connectivity index (χ1n) is 12.9. The number of nitrogens with zero attached hydrogens (tertiary/aromatic N) is 4. The van der Waals surface area contributed by atoms with Crippen molar-refractivity contribution < 1.29 is 4.79 Å². The zero-order valence-corrected chi connectivity index (χ0v) is 20.9. The van der Waals surface area contributed by atoms with Crippen LogP contribution in [-0.2, 0) is 0 Å². The quantitative estimate of drug-likeness (QED) is 0.615. The summed E-state index contributed by atoms with van der Waals surface area (Å²) in [6.07, 6.45) is 7.16. The van der Waals surface area contributed by atoms with Crippen molar-refractivity contribution in [3.8, 4) is 0 Å². The Morgan fingerprint density at radius 1 is 1.03 bits per heavy atom. The summed E-state index contributed by atoms with van der Waals surface area (Å²) in [5, 5.41) is 6.39. The van der Waals surface area contributed by atoms with Crippen LogP contribution in [0.25, 0.3) is 0 Å². The summed E-state index contributed by atoms with van der Waals surface area (Å²) in [4.78, 5) is 27.5. The molecular formula is C27H38N6O. The van der Waals surface area contributed by atoms with Crippen LogP contribution >= 0.6 is 0 Å². The number of aryl methyl sites for hydroxylation is 1. The molecule has 3 aliphatic heterocycles. The van der Waals surface area contributed by atoms with Gasteiger partial charge in [0.05, 0.1) is 11.3 Å². The molecule has 1 aromatic heterocycles. The van der Waals surface area contributed by atoms with Crippen LogP contribution < -0.4 is 20.4 Å². The highest BCUT2D eigenvalue weighted by Crippen LogP contribution is 2.37. The van der Waals surface area contributed by atoms with E-state index >= 15 is 0 Å². The van der Waals surface area contributed by atoms with E-state index in [0.29, 0.717) is 23.1 Å². The van der Waals surface area contributed by atoms with E-state index in [4.69, 9.17) is 0 Å². The monoisotopic (exact) mass is 462 g/mol. The fourth-order valence-electron chi connectivity index (χ4n) is 5.68. The molecule has 3 aliphatic rings. The largest absolute Gasteiger partial charge is 0.371 e. The highest BCUT2D eigenvalue weighted by Gasteiger charge is 2.31. The minimum Gasteiger partial charge on any atom is -0.371 e. The van der Waals surface area contributed by atoms with E-state index in [2.05, 4.69) is 56.4 Å². The van der Waals surface area contributed by atoms with Crippen LogP contribution in [-0.4, -0.2) is 48.6 Å². The van der Waals surface area contributed by atoms with Crippen LogP contribution in [0.15, 0.2) is 24.3 Å². The van der Waals surface area contributed by atoms with E-state index in [0.717, 1.165) is 56.1 Å². The van der Waals surface area contributed by atoms with Gasteiger partial charge in [-0.2, -0.15) is 4.98 Å². The lowest BCUT2D eigenvalue weighted by molar-refractivity contribution is 0.102. The number of aromatic nitrogens is 2. The third-order valence-electron chi connectivity index (χ3n) is 7.55. The van der Waals surface area contributed by atoms with Crippen molar-refractivity contribution in [3.63, 3.8) is 0 Å². The van der Waals surface area contributed by atoms with Gasteiger partial charge >= 0.3 is 0 Å². The molecule has 2 saturated heterocycles. The van der Waals surface area contributed by atoms with Gasteiger partial charge in [-0.15, -0.1) is 0 Å². The number of anilines is 4. The van der Waals surface area contributed by atoms with Gasteiger partial charge in [-0.3, -0.25) is 4.79 Å². The van der Waals surface area contributed by atoms with Gasteiger partial charge in [-0.05, 0) is 68.6 Å². The molecule has 0 aliphatic carbocycles. The molecular weight excluding hydrogens is 424 g/mol. The van der Waals surface area contributed by atoms with Crippen molar-refractivity contribution in [2.24, 2.45) is 11.3 Å². The van der Waals surface area contributed by atoms with Gasteiger partial charge in [0, 0.05) is 50.2 Å². The zero-order valence-electron chi connectivity index (χ0n) is 20.9. The van der Waals surface area contributed by atoms with Gasteiger partial charge in [0.2, 0.25) is 5.95 Å². The van der Waals surface area contributed by atoms with E-state index in [9.17, 15) is 4.79 Å². The molecule has 1 aromatic carbocycles. The predicted molar refractivity (Wildman–Crippen MR) is 139 cm³/mol. The molecule has 4 heterocycles. The van der Waals surface area contributed by atoms with Gasteiger partial charge in [-0.1, -0.05) is 20.3 Å². The first-order valence-corrected chi connectivity index (χ1v) is 12.9. The lowest BCUT2D eigenvalue weighted by atomic mass is 9.92. The number of nitrogens with one attached hydrogen (secondary N) is 2. The number of piperidine rings is 1. The number of benzene rings is 1. The fourth-order valence-corrected chi connectivity index (χ4v) is 5.68. The average Bonchev–Trinajstić information content (AvgIpc) is 3.17. The standard InChI is InChI=1S/C27H38N6O/c1-19-15-24-30-25(34)22-10-9-21(33-14-11-27(2,3)18-33)16-23(22)32-13-6-8-20(17-32)7-4-5-12-28-26(29-19)31-24/h9-10,15-16,20H,4-8,11-14,17-18H2,1-3H3,(H2,28,29,30,31,34). The first kappa shape index (κ1) is 22.9. The topological polar surface area (TPSA) is 73.4 Å². The van der Waals surface area contributed by atoms with E-state index in [1.54, 1.807) is 0 Å². The third-order valence-corrected chi connectivity index (χ3v) is 7.55. The van der Waals surface area contributed by atoms with Crippen molar-refractivity contribution >= 4 is 29.0 Å². The Morgan fingerprint density at radius 2 is 1.88 bits per heavy atom. The number of rotatable bonds is 1. The molecule has 0 radical (unpaired) electrons. The van der Waals surface area contributed by atoms with Crippen LogP contribution in [0.4, 0.5) is 23.1 Å². The minimum absolute atomic E-state index is 0.107. The molecule has 0 saturated carbocycles. The molecule has 34 heavy (non-hydrogen) atoms. The van der Waals surface area contributed by atoms with Gasteiger partial charge in [0.15, 0.2) is 0 Å². The minimum atomic E-state index is -0.107. The summed E-state index contributed by atoms with van der Waals surface area (Å²) in [5.74, 6) is 1.69. The van der Waals surface area contributed by atoms with Crippen molar-refractivity contribution in [1.82, 2.24) is 9.97 Å². The fraction of sp³-hybridized carbons (Fsp3) is 0.593. The van der Waals surface area contributed by atoms with Crippen molar-refractivity contribution in [2.75, 3.05) is 53.2 Å². The maximum atomic E-state index is 13.5. The van der Waals surface area contributed by atoms with E-state index in [1.807, 2.05) is 19.1 Å². The lowest BCUT2D eigenvalue weighted by Gasteiger charge is -2.36. The second-order valence-electron chi connectivity index (χ2n) is 11.1. The zero-order chi connectivity index (χ0) is 23.7. The Hall–Kier alpha value is -2.83. The summed E-state index contributed by atoms with van der Waals surface area (Å²) in [6, 6.07) is 8.22. The highest BCUT2D eigenvalue weighted by atomic mass is 16.1. The second kappa shape index (κ2) is 9.43.